The maximum Gasteiger partial charge on any atom is 0.371 e. The van der Waals surface area contributed by atoms with Gasteiger partial charge in [-0.25, -0.2) is 4.79 Å². The van der Waals surface area contributed by atoms with Crippen LogP contribution in [0, 0.1) is 0 Å². The quantitative estimate of drug-likeness (QED) is 0.940. The highest BCUT2D eigenvalue weighted by atomic mass is 79.9. The number of carbonyl (C=O) groups is 1. The fraction of sp³-hybridized carbons (Fsp3) is 0.0833. The highest BCUT2D eigenvalue weighted by Crippen LogP contribution is 2.18. The molecule has 0 aliphatic carbocycles. The molecule has 1 N–H and O–H groups in total. The summed E-state index contributed by atoms with van der Waals surface area (Å²) in [6, 6.07) is 10.5. The highest BCUT2D eigenvalue weighted by Gasteiger charge is 2.09. The molecule has 0 bridgehead atoms. The molecule has 0 atom stereocenters. The first-order valence-electron chi connectivity index (χ1n) is 4.85. The van der Waals surface area contributed by atoms with Crippen LogP contribution < -0.4 is 4.74 Å². The summed E-state index contributed by atoms with van der Waals surface area (Å²) >= 11 is 3.35. The van der Waals surface area contributed by atoms with E-state index in [0.29, 0.717) is 6.61 Å². The van der Waals surface area contributed by atoms with Gasteiger partial charge in [-0.15, -0.1) is 0 Å². The van der Waals surface area contributed by atoms with Crippen LogP contribution >= 0.6 is 15.9 Å². The fourth-order valence-corrected chi connectivity index (χ4v) is 1.74. The zero-order valence-electron chi connectivity index (χ0n) is 8.72. The van der Waals surface area contributed by atoms with Crippen LogP contribution in [0.2, 0.25) is 0 Å². The van der Waals surface area contributed by atoms with Crippen LogP contribution in [0.1, 0.15) is 16.1 Å². The summed E-state index contributed by atoms with van der Waals surface area (Å²) in [5.41, 5.74) is 0.965. The molecule has 88 valence electrons. The maximum atomic E-state index is 10.6. The van der Waals surface area contributed by atoms with Gasteiger partial charge >= 0.3 is 5.97 Å². The van der Waals surface area contributed by atoms with Crippen molar-refractivity contribution in [3.8, 4) is 5.95 Å². The SMILES string of the molecule is O=C(O)c1ccc(OCc2cccc(Br)c2)o1. The second kappa shape index (κ2) is 5.05. The van der Waals surface area contributed by atoms with Gasteiger partial charge in [-0.05, 0) is 23.8 Å². The van der Waals surface area contributed by atoms with Crippen LogP contribution in [-0.4, -0.2) is 11.1 Å². The van der Waals surface area contributed by atoms with Crippen LogP contribution in [0.4, 0.5) is 0 Å². The number of benzene rings is 1. The molecule has 0 aliphatic heterocycles. The van der Waals surface area contributed by atoms with Crippen molar-refractivity contribution in [2.75, 3.05) is 0 Å². The van der Waals surface area contributed by atoms with Crippen molar-refractivity contribution in [3.63, 3.8) is 0 Å². The van der Waals surface area contributed by atoms with Crippen LogP contribution in [0.25, 0.3) is 0 Å². The van der Waals surface area contributed by atoms with Gasteiger partial charge in [0.2, 0.25) is 5.76 Å². The normalized spacial score (nSPS) is 10.2. The molecule has 0 unspecified atom stereocenters. The highest BCUT2D eigenvalue weighted by molar-refractivity contribution is 9.10. The van der Waals surface area contributed by atoms with E-state index < -0.39 is 5.97 Å². The first kappa shape index (κ1) is 11.7. The summed E-state index contributed by atoms with van der Waals surface area (Å²) in [6.07, 6.45) is 0. The average Bonchev–Trinajstić information content (AvgIpc) is 2.75. The molecule has 1 aromatic carbocycles. The number of rotatable bonds is 4. The van der Waals surface area contributed by atoms with Gasteiger partial charge in [0, 0.05) is 10.5 Å². The molecule has 5 heteroatoms. The summed E-state index contributed by atoms with van der Waals surface area (Å²) in [5, 5.41) is 8.66. The Bertz CT molecular complexity index is 533. The van der Waals surface area contributed by atoms with E-state index in [1.807, 2.05) is 24.3 Å². The molecule has 1 heterocycles. The molecule has 2 aromatic rings. The Balaban J connectivity index is 2.00. The van der Waals surface area contributed by atoms with Gasteiger partial charge in [0.05, 0.1) is 0 Å². The summed E-state index contributed by atoms with van der Waals surface area (Å²) in [5.74, 6) is -1.04. The minimum atomic E-state index is -1.11. The van der Waals surface area contributed by atoms with E-state index >= 15 is 0 Å². The topological polar surface area (TPSA) is 59.7 Å². The van der Waals surface area contributed by atoms with Gasteiger partial charge < -0.3 is 14.3 Å². The zero-order chi connectivity index (χ0) is 12.3. The first-order valence-corrected chi connectivity index (χ1v) is 5.65. The molecule has 0 spiro atoms. The van der Waals surface area contributed by atoms with Crippen molar-refractivity contribution in [2.45, 2.75) is 6.61 Å². The van der Waals surface area contributed by atoms with Crippen LogP contribution in [0.3, 0.4) is 0 Å². The molecule has 0 fully saturated rings. The Kier molecular flexibility index (Phi) is 3.49. The molecule has 2 rings (SSSR count). The van der Waals surface area contributed by atoms with Crippen LogP contribution in [0.15, 0.2) is 45.3 Å². The number of hydrogen-bond donors (Lipinski definition) is 1. The third-order valence-electron chi connectivity index (χ3n) is 2.06. The van der Waals surface area contributed by atoms with E-state index in [1.54, 1.807) is 0 Å². The van der Waals surface area contributed by atoms with Gasteiger partial charge in [0.1, 0.15) is 6.61 Å². The third kappa shape index (κ3) is 3.10. The summed E-state index contributed by atoms with van der Waals surface area (Å²) in [4.78, 5) is 10.6. The molecule has 0 saturated heterocycles. The largest absolute Gasteiger partial charge is 0.475 e. The fourth-order valence-electron chi connectivity index (χ4n) is 1.29. The molecular weight excluding hydrogens is 288 g/mol. The summed E-state index contributed by atoms with van der Waals surface area (Å²) in [7, 11) is 0. The van der Waals surface area contributed by atoms with Gasteiger partial charge in [0.15, 0.2) is 0 Å². The summed E-state index contributed by atoms with van der Waals surface area (Å²) < 4.78 is 11.3. The Morgan fingerprint density at radius 1 is 1.35 bits per heavy atom. The number of hydrogen-bond acceptors (Lipinski definition) is 3. The predicted octanol–water partition coefficient (Wildman–Crippen LogP) is 3.32. The molecule has 17 heavy (non-hydrogen) atoms. The Morgan fingerprint density at radius 3 is 2.82 bits per heavy atom. The number of ether oxygens (including phenoxy) is 1. The Hall–Kier alpha value is -1.75. The second-order valence-corrected chi connectivity index (χ2v) is 4.26. The van der Waals surface area contributed by atoms with Crippen molar-refractivity contribution < 1.29 is 19.1 Å². The van der Waals surface area contributed by atoms with Gasteiger partial charge in [-0.1, -0.05) is 28.1 Å². The van der Waals surface area contributed by atoms with E-state index in [1.165, 1.54) is 12.1 Å². The lowest BCUT2D eigenvalue weighted by atomic mass is 10.2. The molecular formula is C12H9BrO4. The van der Waals surface area contributed by atoms with Gasteiger partial charge in [-0.2, -0.15) is 0 Å². The molecule has 0 aliphatic rings. The van der Waals surface area contributed by atoms with E-state index in [2.05, 4.69) is 15.9 Å². The standard InChI is InChI=1S/C12H9BrO4/c13-9-3-1-2-8(6-9)7-16-11-5-4-10(17-11)12(14)15/h1-6H,7H2,(H,14,15). The lowest BCUT2D eigenvalue weighted by Crippen LogP contribution is -1.95. The molecule has 0 saturated carbocycles. The van der Waals surface area contributed by atoms with E-state index in [4.69, 9.17) is 14.3 Å². The summed E-state index contributed by atoms with van der Waals surface area (Å²) in [6.45, 7) is 0.325. The van der Waals surface area contributed by atoms with Gasteiger partial charge in [0.25, 0.3) is 5.95 Å². The van der Waals surface area contributed by atoms with E-state index in [-0.39, 0.29) is 11.7 Å². The Morgan fingerprint density at radius 2 is 2.18 bits per heavy atom. The van der Waals surface area contributed by atoms with Crippen molar-refractivity contribution in [1.82, 2.24) is 0 Å². The van der Waals surface area contributed by atoms with Crippen LogP contribution in [0.5, 0.6) is 5.95 Å². The lowest BCUT2D eigenvalue weighted by Gasteiger charge is -2.02. The van der Waals surface area contributed by atoms with E-state index in [9.17, 15) is 4.79 Å². The lowest BCUT2D eigenvalue weighted by molar-refractivity contribution is 0.0652. The van der Waals surface area contributed by atoms with Crippen molar-refractivity contribution in [1.29, 1.82) is 0 Å². The minimum Gasteiger partial charge on any atom is -0.475 e. The van der Waals surface area contributed by atoms with E-state index in [0.717, 1.165) is 10.0 Å². The van der Waals surface area contributed by atoms with Crippen molar-refractivity contribution >= 4 is 21.9 Å². The van der Waals surface area contributed by atoms with Crippen LogP contribution in [-0.2, 0) is 6.61 Å². The van der Waals surface area contributed by atoms with Crippen molar-refractivity contribution in [2.24, 2.45) is 0 Å². The molecule has 0 radical (unpaired) electrons. The number of carboxylic acids is 1. The monoisotopic (exact) mass is 296 g/mol. The number of furan rings is 1. The smallest absolute Gasteiger partial charge is 0.371 e. The number of halogens is 1. The maximum absolute atomic E-state index is 10.6. The van der Waals surface area contributed by atoms with Crippen molar-refractivity contribution in [3.05, 3.63) is 52.2 Å². The number of carboxylic acid groups (broad SMARTS) is 1. The molecule has 1 aromatic heterocycles. The molecule has 0 amide bonds. The predicted molar refractivity (Wildman–Crippen MR) is 64.1 cm³/mol. The van der Waals surface area contributed by atoms with Gasteiger partial charge in [-0.3, -0.25) is 0 Å². The first-order chi connectivity index (χ1) is 8.15. The Labute approximate surface area is 106 Å². The minimum absolute atomic E-state index is 0.130. The zero-order valence-corrected chi connectivity index (χ0v) is 10.3. The second-order valence-electron chi connectivity index (χ2n) is 3.34. The number of aromatic carboxylic acids is 1. The third-order valence-corrected chi connectivity index (χ3v) is 2.56. The average molecular weight is 297 g/mol. The molecule has 4 nitrogen and oxygen atoms in total.